The molecule has 0 spiro atoms. The van der Waals surface area contributed by atoms with Crippen molar-refractivity contribution in [2.45, 2.75) is 17.0 Å². The van der Waals surface area contributed by atoms with E-state index in [-0.39, 0.29) is 33.5 Å². The van der Waals surface area contributed by atoms with Gasteiger partial charge in [0.15, 0.2) is 0 Å². The first kappa shape index (κ1) is 12.0. The second-order valence-electron chi connectivity index (χ2n) is 3.32. The summed E-state index contributed by atoms with van der Waals surface area (Å²) in [4.78, 5) is 10.5. The number of carbonyl (C=O) groups excluding carboxylic acids is 1. The molecule has 0 aromatic carbocycles. The summed E-state index contributed by atoms with van der Waals surface area (Å²) in [5.41, 5.74) is 0.639. The van der Waals surface area contributed by atoms with Gasteiger partial charge in [-0.25, -0.2) is 4.79 Å². The number of hydrogen-bond acceptors (Lipinski definition) is 3. The molecule has 3 nitrogen and oxygen atoms in total. The minimum absolute atomic E-state index is 0. The van der Waals surface area contributed by atoms with Gasteiger partial charge in [-0.3, -0.25) is 0 Å². The first-order valence-electron chi connectivity index (χ1n) is 4.13. The molecule has 78 valence electrons. The zero-order valence-electron chi connectivity index (χ0n) is 7.62. The number of nitrogens with one attached hydrogen (secondary N) is 1. The quantitative estimate of drug-likeness (QED) is 0.452. The molecule has 2 bridgehead atoms. The third-order valence-corrected chi connectivity index (χ3v) is 3.77. The van der Waals surface area contributed by atoms with E-state index in [1.54, 1.807) is 7.11 Å². The number of methoxy groups -OCH3 is 1. The minimum atomic E-state index is -0.368. The molecule has 0 aromatic heterocycles. The van der Waals surface area contributed by atoms with Gasteiger partial charge in [0.1, 0.15) is 16.1 Å². The predicted molar refractivity (Wildman–Crippen MR) is 62.4 cm³/mol. The van der Waals surface area contributed by atoms with Gasteiger partial charge in [0.2, 0.25) is 0 Å². The highest BCUT2D eigenvalue weighted by atomic mass is 79.9. The SMILES string of the molecule is Br.COC1(Br)CC2C=CC1NC2=C=O. The molecule has 1 N–H and O–H groups in total. The Morgan fingerprint density at radius 3 is 2.86 bits per heavy atom. The molecule has 1 saturated heterocycles. The molecular formula is C9H11Br2NO2. The van der Waals surface area contributed by atoms with Crippen molar-refractivity contribution in [1.82, 2.24) is 5.32 Å². The highest BCUT2D eigenvalue weighted by Gasteiger charge is 2.46. The van der Waals surface area contributed by atoms with Crippen LogP contribution in [0.5, 0.6) is 0 Å². The number of alkyl halides is 1. The number of fused-ring (bicyclic) bond motifs is 2. The van der Waals surface area contributed by atoms with Crippen LogP contribution >= 0.6 is 32.9 Å². The number of halogens is 2. The third-order valence-electron chi connectivity index (χ3n) is 2.63. The Hall–Kier alpha value is -0.0900. The Kier molecular flexibility index (Phi) is 3.58. The van der Waals surface area contributed by atoms with E-state index in [9.17, 15) is 4.79 Å². The van der Waals surface area contributed by atoms with E-state index in [0.29, 0.717) is 5.70 Å². The van der Waals surface area contributed by atoms with Crippen LogP contribution in [0.2, 0.25) is 0 Å². The van der Waals surface area contributed by atoms with Crippen LogP contribution in [0.15, 0.2) is 17.8 Å². The van der Waals surface area contributed by atoms with Crippen molar-refractivity contribution in [3.8, 4) is 0 Å². The van der Waals surface area contributed by atoms with E-state index in [2.05, 4.69) is 21.2 Å². The van der Waals surface area contributed by atoms with E-state index < -0.39 is 0 Å². The third kappa shape index (κ3) is 1.70. The Labute approximate surface area is 101 Å². The van der Waals surface area contributed by atoms with Gasteiger partial charge in [-0.15, -0.1) is 17.0 Å². The average molecular weight is 325 g/mol. The van der Waals surface area contributed by atoms with Crippen LogP contribution in [0.25, 0.3) is 0 Å². The van der Waals surface area contributed by atoms with Crippen LogP contribution in [0, 0.1) is 5.92 Å². The molecule has 3 aliphatic rings. The van der Waals surface area contributed by atoms with Crippen LogP contribution in [0.4, 0.5) is 0 Å². The lowest BCUT2D eigenvalue weighted by molar-refractivity contribution is 0.0279. The highest BCUT2D eigenvalue weighted by molar-refractivity contribution is 9.10. The maximum absolute atomic E-state index is 10.5. The number of allylic oxidation sites excluding steroid dienone is 1. The van der Waals surface area contributed by atoms with Crippen molar-refractivity contribution in [3.63, 3.8) is 0 Å². The fraction of sp³-hybridized carbons (Fsp3) is 0.556. The molecule has 3 unspecified atom stereocenters. The lowest BCUT2D eigenvalue weighted by atomic mass is 9.83. The normalized spacial score (nSPS) is 38.6. The van der Waals surface area contributed by atoms with Gasteiger partial charge in [-0.2, -0.15) is 0 Å². The monoisotopic (exact) mass is 323 g/mol. The van der Waals surface area contributed by atoms with E-state index >= 15 is 0 Å². The molecule has 0 amide bonds. The molecule has 2 aliphatic heterocycles. The average Bonchev–Trinajstić information content (AvgIpc) is 2.18. The molecule has 5 heteroatoms. The van der Waals surface area contributed by atoms with Crippen molar-refractivity contribution in [2.24, 2.45) is 5.92 Å². The second kappa shape index (κ2) is 4.19. The smallest absolute Gasteiger partial charge is 0.146 e. The maximum Gasteiger partial charge on any atom is 0.146 e. The van der Waals surface area contributed by atoms with Gasteiger partial charge in [-0.1, -0.05) is 28.1 Å². The summed E-state index contributed by atoms with van der Waals surface area (Å²) >= 11 is 3.53. The fourth-order valence-electron chi connectivity index (χ4n) is 1.83. The van der Waals surface area contributed by atoms with Crippen LogP contribution in [0.1, 0.15) is 6.42 Å². The van der Waals surface area contributed by atoms with E-state index in [1.165, 1.54) is 0 Å². The summed E-state index contributed by atoms with van der Waals surface area (Å²) in [6.07, 6.45) is 4.83. The fourth-order valence-corrected chi connectivity index (χ4v) is 2.44. The molecule has 0 radical (unpaired) electrons. The lowest BCUT2D eigenvalue weighted by Crippen LogP contribution is -2.55. The van der Waals surface area contributed by atoms with Gasteiger partial charge in [0.05, 0.1) is 6.04 Å². The number of ether oxygens (including phenoxy) is 1. The number of hydrogen-bond donors (Lipinski definition) is 1. The number of rotatable bonds is 1. The Bertz CT molecular complexity index is 312. The van der Waals surface area contributed by atoms with Crippen molar-refractivity contribution >= 4 is 38.9 Å². The van der Waals surface area contributed by atoms with E-state index in [1.807, 2.05) is 18.1 Å². The molecule has 2 heterocycles. The molecule has 3 rings (SSSR count). The van der Waals surface area contributed by atoms with Gasteiger partial charge in [0, 0.05) is 19.4 Å². The highest BCUT2D eigenvalue weighted by Crippen LogP contribution is 2.42. The van der Waals surface area contributed by atoms with Gasteiger partial charge in [0.25, 0.3) is 0 Å². The van der Waals surface area contributed by atoms with Crippen LogP contribution < -0.4 is 5.32 Å². The molecule has 0 saturated carbocycles. The maximum atomic E-state index is 10.5. The Balaban J connectivity index is 0.000000980. The first-order chi connectivity index (χ1) is 6.19. The molecule has 0 aromatic rings. The molecule has 1 fully saturated rings. The molecule has 1 aliphatic carbocycles. The zero-order chi connectivity index (χ0) is 9.47. The topological polar surface area (TPSA) is 38.3 Å². The largest absolute Gasteiger partial charge is 0.369 e. The molecule has 3 atom stereocenters. The van der Waals surface area contributed by atoms with E-state index in [0.717, 1.165) is 6.42 Å². The van der Waals surface area contributed by atoms with Crippen molar-refractivity contribution in [2.75, 3.05) is 7.11 Å². The Morgan fingerprint density at radius 2 is 2.43 bits per heavy atom. The minimum Gasteiger partial charge on any atom is -0.369 e. The second-order valence-corrected chi connectivity index (χ2v) is 4.67. The van der Waals surface area contributed by atoms with E-state index in [4.69, 9.17) is 4.74 Å². The van der Waals surface area contributed by atoms with Crippen molar-refractivity contribution in [1.29, 1.82) is 0 Å². The zero-order valence-corrected chi connectivity index (χ0v) is 10.9. The van der Waals surface area contributed by atoms with Crippen molar-refractivity contribution < 1.29 is 9.53 Å². The summed E-state index contributed by atoms with van der Waals surface area (Å²) in [7, 11) is 1.66. The Morgan fingerprint density at radius 1 is 1.71 bits per heavy atom. The lowest BCUT2D eigenvalue weighted by Gasteiger charge is -2.44. The summed E-state index contributed by atoms with van der Waals surface area (Å²) in [5, 5.41) is 3.08. The standard InChI is InChI=1S/C9H10BrNO2.BrH/c1-13-9(10)4-6-2-3-8(9)11-7(6)5-12;/h2-3,6,8,11H,4H2,1H3;1H. The van der Waals surface area contributed by atoms with Crippen molar-refractivity contribution in [3.05, 3.63) is 17.8 Å². The van der Waals surface area contributed by atoms with Gasteiger partial charge >= 0.3 is 0 Å². The first-order valence-corrected chi connectivity index (χ1v) is 4.93. The van der Waals surface area contributed by atoms with Crippen LogP contribution in [-0.2, 0) is 9.53 Å². The van der Waals surface area contributed by atoms with Crippen LogP contribution in [0.3, 0.4) is 0 Å². The summed E-state index contributed by atoms with van der Waals surface area (Å²) < 4.78 is 5.00. The van der Waals surface area contributed by atoms with Crippen LogP contribution in [-0.4, -0.2) is 23.6 Å². The summed E-state index contributed by atoms with van der Waals surface area (Å²) in [6, 6.07) is 0.0268. The summed E-state index contributed by atoms with van der Waals surface area (Å²) in [6.45, 7) is 0. The molecular weight excluding hydrogens is 314 g/mol. The van der Waals surface area contributed by atoms with Gasteiger partial charge in [-0.05, 0) is 0 Å². The van der Waals surface area contributed by atoms with Gasteiger partial charge < -0.3 is 10.1 Å². The number of piperidine rings is 1. The summed E-state index contributed by atoms with van der Waals surface area (Å²) in [5.74, 6) is 2.04. The predicted octanol–water partition coefficient (Wildman–Crippen LogP) is 1.57. The molecule has 14 heavy (non-hydrogen) atoms.